The minimum Gasteiger partial charge on any atom is -0.488 e. The largest absolute Gasteiger partial charge is 0.488 e. The van der Waals surface area contributed by atoms with Crippen LogP contribution < -0.4 is 10.1 Å². The van der Waals surface area contributed by atoms with Crippen LogP contribution in [0.2, 0.25) is 10.0 Å². The van der Waals surface area contributed by atoms with Gasteiger partial charge >= 0.3 is 0 Å². The Balaban J connectivity index is 1.63. The van der Waals surface area contributed by atoms with E-state index in [4.69, 9.17) is 27.9 Å². The molecule has 1 unspecified atom stereocenters. The third-order valence-corrected chi connectivity index (χ3v) is 3.61. The van der Waals surface area contributed by atoms with E-state index < -0.39 is 0 Å². The van der Waals surface area contributed by atoms with E-state index in [1.54, 1.807) is 6.07 Å². The van der Waals surface area contributed by atoms with Crippen LogP contribution in [0, 0.1) is 5.82 Å². The highest BCUT2D eigenvalue weighted by atomic mass is 35.5. The minimum absolute atomic E-state index is 0.00510. The molecule has 1 aliphatic rings. The first-order valence-corrected chi connectivity index (χ1v) is 7.01. The summed E-state index contributed by atoms with van der Waals surface area (Å²) in [5, 5.41) is 4.21. The Morgan fingerprint density at radius 1 is 1.15 bits per heavy atom. The first-order valence-electron chi connectivity index (χ1n) is 6.25. The van der Waals surface area contributed by atoms with Crippen molar-refractivity contribution in [2.45, 2.75) is 12.5 Å². The fraction of sp³-hybridized carbons (Fsp3) is 0.200. The topological polar surface area (TPSA) is 21.3 Å². The molecular formula is C15H12Cl2FNO. The first kappa shape index (κ1) is 13.5. The van der Waals surface area contributed by atoms with Gasteiger partial charge in [0, 0.05) is 22.2 Å². The Bertz CT molecular complexity index is 628. The zero-order valence-corrected chi connectivity index (χ0v) is 12.0. The van der Waals surface area contributed by atoms with E-state index in [2.05, 4.69) is 5.32 Å². The van der Waals surface area contributed by atoms with Crippen LogP contribution in [0.25, 0.3) is 0 Å². The molecule has 0 aromatic heterocycles. The molecule has 0 spiro atoms. The number of ether oxygens (including phenoxy) is 1. The van der Waals surface area contributed by atoms with Crippen molar-refractivity contribution >= 4 is 28.9 Å². The van der Waals surface area contributed by atoms with Crippen LogP contribution in [0.1, 0.15) is 5.56 Å². The molecule has 5 heteroatoms. The van der Waals surface area contributed by atoms with E-state index >= 15 is 0 Å². The van der Waals surface area contributed by atoms with E-state index in [-0.39, 0.29) is 11.9 Å². The lowest BCUT2D eigenvalue weighted by molar-refractivity contribution is 0.246. The lowest BCUT2D eigenvalue weighted by Crippen LogP contribution is -2.23. The van der Waals surface area contributed by atoms with E-state index in [0.29, 0.717) is 22.3 Å². The molecule has 2 aromatic rings. The predicted octanol–water partition coefficient (Wildman–Crippen LogP) is 4.55. The lowest BCUT2D eigenvalue weighted by Gasteiger charge is -2.13. The highest BCUT2D eigenvalue weighted by molar-refractivity contribution is 6.31. The van der Waals surface area contributed by atoms with Crippen molar-refractivity contribution in [3.63, 3.8) is 0 Å². The van der Waals surface area contributed by atoms with Crippen molar-refractivity contribution in [2.24, 2.45) is 0 Å². The van der Waals surface area contributed by atoms with Crippen molar-refractivity contribution in [3.8, 4) is 5.75 Å². The molecule has 1 N–H and O–H groups in total. The number of rotatable bonds is 3. The number of benzene rings is 2. The summed E-state index contributed by atoms with van der Waals surface area (Å²) >= 11 is 11.8. The van der Waals surface area contributed by atoms with Crippen molar-refractivity contribution in [1.29, 1.82) is 0 Å². The fourth-order valence-electron chi connectivity index (χ4n) is 2.29. The molecule has 0 aliphatic carbocycles. The molecular weight excluding hydrogens is 300 g/mol. The predicted molar refractivity (Wildman–Crippen MR) is 79.5 cm³/mol. The van der Waals surface area contributed by atoms with Gasteiger partial charge in [0.25, 0.3) is 0 Å². The Kier molecular flexibility index (Phi) is 3.72. The van der Waals surface area contributed by atoms with Crippen LogP contribution in [0.4, 0.5) is 10.1 Å². The monoisotopic (exact) mass is 311 g/mol. The molecule has 20 heavy (non-hydrogen) atoms. The van der Waals surface area contributed by atoms with Crippen molar-refractivity contribution < 1.29 is 9.13 Å². The van der Waals surface area contributed by atoms with E-state index in [1.165, 1.54) is 12.1 Å². The maximum atomic E-state index is 13.2. The summed E-state index contributed by atoms with van der Waals surface area (Å²) in [5.41, 5.74) is 1.74. The number of anilines is 1. The Labute approximate surface area is 126 Å². The summed E-state index contributed by atoms with van der Waals surface area (Å²) < 4.78 is 19.0. The van der Waals surface area contributed by atoms with E-state index in [0.717, 1.165) is 17.7 Å². The van der Waals surface area contributed by atoms with Crippen LogP contribution in [-0.2, 0) is 6.42 Å². The van der Waals surface area contributed by atoms with Gasteiger partial charge in [-0.25, -0.2) is 4.39 Å². The summed E-state index contributed by atoms with van der Waals surface area (Å²) in [5.74, 6) is 0.501. The molecule has 0 saturated carbocycles. The summed E-state index contributed by atoms with van der Waals surface area (Å²) in [6.45, 7) is 0.575. The number of hydrogen-bond donors (Lipinski definition) is 1. The highest BCUT2D eigenvalue weighted by Crippen LogP contribution is 2.31. The maximum Gasteiger partial charge on any atom is 0.126 e. The smallest absolute Gasteiger partial charge is 0.126 e. The van der Waals surface area contributed by atoms with Crippen molar-refractivity contribution in [3.05, 3.63) is 57.8 Å². The normalized spacial score (nSPS) is 16.6. The summed E-state index contributed by atoms with van der Waals surface area (Å²) in [4.78, 5) is 0. The van der Waals surface area contributed by atoms with Crippen molar-refractivity contribution in [1.82, 2.24) is 0 Å². The van der Waals surface area contributed by atoms with Gasteiger partial charge < -0.3 is 10.1 Å². The molecule has 0 amide bonds. The quantitative estimate of drug-likeness (QED) is 0.898. The average molecular weight is 312 g/mol. The van der Waals surface area contributed by atoms with Crippen LogP contribution >= 0.6 is 23.2 Å². The third-order valence-electron chi connectivity index (χ3n) is 3.16. The molecule has 1 atom stereocenters. The van der Waals surface area contributed by atoms with Crippen LogP contribution in [0.5, 0.6) is 5.75 Å². The Hall–Kier alpha value is -1.45. The Morgan fingerprint density at radius 2 is 2.00 bits per heavy atom. The van der Waals surface area contributed by atoms with Crippen LogP contribution in [0.3, 0.4) is 0 Å². The van der Waals surface area contributed by atoms with Gasteiger partial charge in [-0.3, -0.25) is 0 Å². The minimum atomic E-state index is -0.359. The van der Waals surface area contributed by atoms with Gasteiger partial charge in [0.15, 0.2) is 0 Å². The second-order valence-corrected chi connectivity index (χ2v) is 5.61. The third kappa shape index (κ3) is 3.00. The molecule has 0 bridgehead atoms. The SMILES string of the molecule is Fc1cc(Cl)cc(NCC2Cc3cc(Cl)ccc3O2)c1. The van der Waals surface area contributed by atoms with Crippen LogP contribution in [0.15, 0.2) is 36.4 Å². The molecule has 1 heterocycles. The molecule has 1 aliphatic heterocycles. The lowest BCUT2D eigenvalue weighted by atomic mass is 10.1. The molecule has 0 radical (unpaired) electrons. The number of halogens is 3. The van der Waals surface area contributed by atoms with Crippen LogP contribution in [-0.4, -0.2) is 12.6 Å². The van der Waals surface area contributed by atoms with Crippen molar-refractivity contribution in [2.75, 3.05) is 11.9 Å². The van der Waals surface area contributed by atoms with Gasteiger partial charge in [-0.1, -0.05) is 23.2 Å². The molecule has 2 nitrogen and oxygen atoms in total. The van der Waals surface area contributed by atoms with Gasteiger partial charge in [0.05, 0.1) is 6.54 Å². The maximum absolute atomic E-state index is 13.2. The zero-order valence-electron chi connectivity index (χ0n) is 10.5. The summed E-state index contributed by atoms with van der Waals surface area (Å²) in [7, 11) is 0. The fourth-order valence-corrected chi connectivity index (χ4v) is 2.71. The average Bonchev–Trinajstić information content (AvgIpc) is 2.77. The van der Waals surface area contributed by atoms with E-state index in [1.807, 2.05) is 18.2 Å². The van der Waals surface area contributed by atoms with Gasteiger partial charge in [-0.05, 0) is 42.0 Å². The zero-order chi connectivity index (χ0) is 14.1. The number of fused-ring (bicyclic) bond motifs is 1. The summed E-state index contributed by atoms with van der Waals surface area (Å²) in [6.07, 6.45) is 0.789. The number of nitrogens with one attached hydrogen (secondary N) is 1. The second kappa shape index (κ2) is 5.51. The van der Waals surface area contributed by atoms with E-state index in [9.17, 15) is 4.39 Å². The second-order valence-electron chi connectivity index (χ2n) is 4.74. The van der Waals surface area contributed by atoms with Gasteiger partial charge in [-0.15, -0.1) is 0 Å². The Morgan fingerprint density at radius 3 is 2.80 bits per heavy atom. The van der Waals surface area contributed by atoms with Gasteiger partial charge in [0.1, 0.15) is 17.7 Å². The first-order chi connectivity index (χ1) is 9.60. The van der Waals surface area contributed by atoms with Gasteiger partial charge in [0.2, 0.25) is 0 Å². The highest BCUT2D eigenvalue weighted by Gasteiger charge is 2.22. The standard InChI is InChI=1S/C15H12Cl2FNO/c16-10-1-2-15-9(3-10)4-14(20-15)8-19-13-6-11(17)5-12(18)7-13/h1-3,5-7,14,19H,4,8H2. The number of hydrogen-bond acceptors (Lipinski definition) is 2. The molecule has 2 aromatic carbocycles. The molecule has 0 fully saturated rings. The van der Waals surface area contributed by atoms with Gasteiger partial charge in [-0.2, -0.15) is 0 Å². The molecule has 3 rings (SSSR count). The molecule has 104 valence electrons. The summed E-state index contributed by atoms with van der Waals surface area (Å²) in [6, 6.07) is 9.96. The molecule has 0 saturated heterocycles.